The monoisotopic (exact) mass is 576 g/mol. The van der Waals surface area contributed by atoms with Gasteiger partial charge in [-0.2, -0.15) is 0 Å². The second kappa shape index (κ2) is 15.6. The van der Waals surface area contributed by atoms with Crippen LogP contribution in [0.25, 0.3) is 11.1 Å². The van der Waals surface area contributed by atoms with Gasteiger partial charge in [0.1, 0.15) is 5.75 Å². The van der Waals surface area contributed by atoms with Crippen molar-refractivity contribution >= 4 is 28.3 Å². The first-order valence-electron chi connectivity index (χ1n) is 12.7. The van der Waals surface area contributed by atoms with E-state index >= 15 is 0 Å². The highest BCUT2D eigenvalue weighted by atomic mass is 35.5. The van der Waals surface area contributed by atoms with Crippen LogP contribution in [0.5, 0.6) is 5.75 Å². The molecular weight excluding hydrogens is 540 g/mol. The van der Waals surface area contributed by atoms with Crippen LogP contribution in [0.15, 0.2) is 72.8 Å². The van der Waals surface area contributed by atoms with Gasteiger partial charge in [0.15, 0.2) is 0 Å². The average molecular weight is 577 g/mol. The quantitative estimate of drug-likeness (QED) is 0.215. The summed E-state index contributed by atoms with van der Waals surface area (Å²) in [4.78, 5) is 12.7. The van der Waals surface area contributed by atoms with Gasteiger partial charge in [-0.25, -0.2) is 13.1 Å². The van der Waals surface area contributed by atoms with E-state index in [-0.39, 0.29) is 48.6 Å². The van der Waals surface area contributed by atoms with Gasteiger partial charge in [0.05, 0.1) is 23.5 Å². The number of ether oxygens (including phenoxy) is 1. The molecule has 8 nitrogen and oxygen atoms in total. The van der Waals surface area contributed by atoms with Gasteiger partial charge in [-0.15, -0.1) is 12.4 Å². The Labute approximate surface area is 236 Å². The molecule has 0 aliphatic carbocycles. The van der Waals surface area contributed by atoms with Crippen LogP contribution in [0.1, 0.15) is 47.9 Å². The standard InChI is InChI=1S/C29H36N2O6S.ClH/c1-21(2)37-28-19-25(13-14-26(28)29(34)31-38(35,36)18-6-17-32)23-11-9-22(10-12-23)15-16-30-20-27(33)24-7-4-3-5-8-24;/h3-5,7-14,19,21,27,30,32-33H,6,15-18,20H2,1-2H3,(H,31,34);1H/t27-;/m1./s1. The SMILES string of the molecule is CC(C)Oc1cc(-c2ccc(CCNC[C@@H](O)c3ccccc3)cc2)ccc1C(=O)NS(=O)(=O)CCCO.Cl. The maximum absolute atomic E-state index is 12.7. The number of sulfonamides is 1. The minimum Gasteiger partial charge on any atom is -0.490 e. The van der Waals surface area contributed by atoms with Crippen LogP contribution < -0.4 is 14.8 Å². The highest BCUT2D eigenvalue weighted by Crippen LogP contribution is 2.29. The predicted octanol–water partition coefficient (Wildman–Crippen LogP) is 3.87. The number of aliphatic hydroxyl groups is 2. The minimum absolute atomic E-state index is 0. The average Bonchev–Trinajstić information content (AvgIpc) is 2.90. The van der Waals surface area contributed by atoms with Gasteiger partial charge in [0.25, 0.3) is 5.91 Å². The number of carbonyl (C=O) groups excluding carboxylic acids is 1. The van der Waals surface area contributed by atoms with Crippen LogP contribution in [-0.2, 0) is 16.4 Å². The molecule has 0 fully saturated rings. The van der Waals surface area contributed by atoms with E-state index in [1.165, 1.54) is 0 Å². The summed E-state index contributed by atoms with van der Waals surface area (Å²) in [6.45, 7) is 4.57. The Bertz CT molecular complexity index is 1280. The highest BCUT2D eigenvalue weighted by molar-refractivity contribution is 7.90. The largest absolute Gasteiger partial charge is 0.490 e. The lowest BCUT2D eigenvalue weighted by Gasteiger charge is -2.16. The zero-order chi connectivity index (χ0) is 27.5. The van der Waals surface area contributed by atoms with Gasteiger partial charge in [0, 0.05) is 13.2 Å². The molecule has 0 bridgehead atoms. The van der Waals surface area contributed by atoms with Crippen molar-refractivity contribution in [3.63, 3.8) is 0 Å². The molecule has 1 atom stereocenters. The fourth-order valence-electron chi connectivity index (χ4n) is 3.87. The summed E-state index contributed by atoms with van der Waals surface area (Å²) >= 11 is 0. The molecular formula is C29H37ClN2O6S. The van der Waals surface area contributed by atoms with E-state index in [2.05, 4.69) is 5.32 Å². The normalized spacial score (nSPS) is 12.0. The van der Waals surface area contributed by atoms with Crippen LogP contribution in [0.3, 0.4) is 0 Å². The van der Waals surface area contributed by atoms with Crippen LogP contribution in [0.2, 0.25) is 0 Å². The zero-order valence-electron chi connectivity index (χ0n) is 22.2. The van der Waals surface area contributed by atoms with Crippen molar-refractivity contribution in [1.29, 1.82) is 0 Å². The topological polar surface area (TPSA) is 125 Å². The summed E-state index contributed by atoms with van der Waals surface area (Å²) in [7, 11) is -3.87. The Hall–Kier alpha value is -2.95. The molecule has 0 aliphatic rings. The van der Waals surface area contributed by atoms with Crippen molar-refractivity contribution < 1.29 is 28.2 Å². The van der Waals surface area contributed by atoms with Gasteiger partial charge in [-0.1, -0.05) is 60.7 Å². The first-order valence-corrected chi connectivity index (χ1v) is 14.3. The van der Waals surface area contributed by atoms with Gasteiger partial charge < -0.3 is 20.3 Å². The molecule has 3 aromatic carbocycles. The van der Waals surface area contributed by atoms with E-state index in [0.717, 1.165) is 35.2 Å². The smallest absolute Gasteiger partial charge is 0.268 e. The molecule has 1 amide bonds. The van der Waals surface area contributed by atoms with E-state index in [4.69, 9.17) is 9.84 Å². The van der Waals surface area contributed by atoms with E-state index in [1.54, 1.807) is 18.2 Å². The summed E-state index contributed by atoms with van der Waals surface area (Å²) in [6.07, 6.45) is 0.0657. The number of halogens is 1. The molecule has 0 radical (unpaired) electrons. The van der Waals surface area contributed by atoms with Crippen molar-refractivity contribution in [3.8, 4) is 16.9 Å². The third kappa shape index (κ3) is 10.3. The van der Waals surface area contributed by atoms with E-state index in [1.807, 2.05) is 73.2 Å². The van der Waals surface area contributed by atoms with Crippen LogP contribution in [-0.4, -0.2) is 56.1 Å². The van der Waals surface area contributed by atoms with Gasteiger partial charge in [0.2, 0.25) is 10.0 Å². The Balaban J connectivity index is 0.00000533. The van der Waals surface area contributed by atoms with E-state index in [9.17, 15) is 18.3 Å². The molecule has 0 unspecified atom stereocenters. The Morgan fingerprint density at radius 3 is 2.28 bits per heavy atom. The van der Waals surface area contributed by atoms with Gasteiger partial charge in [-0.05, 0) is 67.6 Å². The van der Waals surface area contributed by atoms with Crippen molar-refractivity contribution in [2.45, 2.75) is 38.9 Å². The molecule has 4 N–H and O–H groups in total. The molecule has 3 rings (SSSR count). The molecule has 3 aromatic rings. The Morgan fingerprint density at radius 2 is 1.64 bits per heavy atom. The molecule has 0 aromatic heterocycles. The van der Waals surface area contributed by atoms with Crippen molar-refractivity contribution in [2.24, 2.45) is 0 Å². The molecule has 10 heteroatoms. The lowest BCUT2D eigenvalue weighted by Crippen LogP contribution is -2.33. The van der Waals surface area contributed by atoms with Crippen molar-refractivity contribution in [1.82, 2.24) is 10.0 Å². The van der Waals surface area contributed by atoms with Crippen LogP contribution in [0.4, 0.5) is 0 Å². The molecule has 212 valence electrons. The lowest BCUT2D eigenvalue weighted by molar-refractivity contribution is 0.0975. The number of rotatable bonds is 14. The lowest BCUT2D eigenvalue weighted by atomic mass is 10.0. The first-order chi connectivity index (χ1) is 18.2. The second-order valence-electron chi connectivity index (χ2n) is 9.28. The summed E-state index contributed by atoms with van der Waals surface area (Å²) in [6, 6.07) is 22.6. The van der Waals surface area contributed by atoms with Crippen LogP contribution >= 0.6 is 12.4 Å². The fraction of sp³-hybridized carbons (Fsp3) is 0.345. The molecule has 0 aliphatic heterocycles. The summed E-state index contributed by atoms with van der Waals surface area (Å²) in [5.74, 6) is -0.827. The minimum atomic E-state index is -3.87. The highest BCUT2D eigenvalue weighted by Gasteiger charge is 2.20. The predicted molar refractivity (Wildman–Crippen MR) is 156 cm³/mol. The molecule has 0 spiro atoms. The molecule has 0 saturated heterocycles. The summed E-state index contributed by atoms with van der Waals surface area (Å²) in [5.41, 5.74) is 3.90. The fourth-order valence-corrected chi connectivity index (χ4v) is 4.87. The van der Waals surface area contributed by atoms with Gasteiger partial charge in [-0.3, -0.25) is 4.79 Å². The van der Waals surface area contributed by atoms with E-state index < -0.39 is 22.0 Å². The van der Waals surface area contributed by atoms with E-state index in [0.29, 0.717) is 6.54 Å². The van der Waals surface area contributed by atoms with Crippen molar-refractivity contribution in [3.05, 3.63) is 89.5 Å². The number of hydrogen-bond acceptors (Lipinski definition) is 7. The van der Waals surface area contributed by atoms with Crippen LogP contribution in [0, 0.1) is 0 Å². The third-order valence-corrected chi connectivity index (χ3v) is 7.13. The number of benzene rings is 3. The first kappa shape index (κ1) is 32.3. The summed E-state index contributed by atoms with van der Waals surface area (Å²) < 4.78 is 32.1. The number of hydrogen-bond donors (Lipinski definition) is 4. The second-order valence-corrected chi connectivity index (χ2v) is 11.1. The maximum atomic E-state index is 12.7. The number of carbonyl (C=O) groups is 1. The Morgan fingerprint density at radius 1 is 0.974 bits per heavy atom. The zero-order valence-corrected chi connectivity index (χ0v) is 23.8. The number of amides is 1. The van der Waals surface area contributed by atoms with Crippen molar-refractivity contribution in [2.75, 3.05) is 25.4 Å². The maximum Gasteiger partial charge on any atom is 0.268 e. The number of aliphatic hydroxyl groups excluding tert-OH is 2. The Kier molecular flexibility index (Phi) is 12.9. The molecule has 39 heavy (non-hydrogen) atoms. The van der Waals surface area contributed by atoms with Gasteiger partial charge >= 0.3 is 0 Å². The molecule has 0 saturated carbocycles. The number of nitrogens with one attached hydrogen (secondary N) is 2. The summed E-state index contributed by atoms with van der Waals surface area (Å²) in [5, 5.41) is 22.4. The third-order valence-electron chi connectivity index (χ3n) is 5.81. The molecule has 0 heterocycles.